The van der Waals surface area contributed by atoms with Crippen molar-refractivity contribution in [2.24, 2.45) is 0 Å². The zero-order valence-electron chi connectivity index (χ0n) is 13.7. The van der Waals surface area contributed by atoms with Gasteiger partial charge in [-0.25, -0.2) is 0 Å². The largest absolute Gasteiger partial charge is 0.337 e. The van der Waals surface area contributed by atoms with Gasteiger partial charge in [0.15, 0.2) is 0 Å². The number of carbonyl (C=O) groups excluding carboxylic acids is 1. The number of carbonyl (C=O) groups is 1. The maximum atomic E-state index is 12.9. The molecule has 1 amide bonds. The zero-order valence-corrected chi connectivity index (χ0v) is 14.6. The van der Waals surface area contributed by atoms with Crippen LogP contribution in [0.1, 0.15) is 16.8 Å². The first-order valence-electron chi connectivity index (χ1n) is 8.16. The second kappa shape index (κ2) is 7.50. The molecule has 1 aromatic rings. The number of thioether (sulfide) groups is 1. The molecule has 2 saturated heterocycles. The molecule has 2 fully saturated rings. The summed E-state index contributed by atoms with van der Waals surface area (Å²) >= 11 is 1.48. The fourth-order valence-corrected chi connectivity index (χ4v) is 3.85. The summed E-state index contributed by atoms with van der Waals surface area (Å²) in [6, 6.07) is 5.12. The third-order valence-corrected chi connectivity index (χ3v) is 5.47. The van der Waals surface area contributed by atoms with Gasteiger partial charge in [-0.1, -0.05) is 0 Å². The Morgan fingerprint density at radius 1 is 1.33 bits per heavy atom. The Balaban J connectivity index is 1.76. The average Bonchev–Trinajstić information content (AvgIpc) is 3.11. The van der Waals surface area contributed by atoms with Gasteiger partial charge in [0, 0.05) is 56.3 Å². The molecular weight excluding hydrogens is 328 g/mol. The molecule has 2 heterocycles. The van der Waals surface area contributed by atoms with E-state index in [-0.39, 0.29) is 17.2 Å². The van der Waals surface area contributed by atoms with Gasteiger partial charge in [-0.15, -0.1) is 11.8 Å². The Morgan fingerprint density at radius 3 is 2.75 bits per heavy atom. The maximum Gasteiger partial charge on any atom is 0.282 e. The number of amides is 1. The summed E-state index contributed by atoms with van der Waals surface area (Å²) in [6.07, 6.45) is 2.83. The topological polar surface area (TPSA) is 78.7 Å². The van der Waals surface area contributed by atoms with E-state index < -0.39 is 4.92 Å². The van der Waals surface area contributed by atoms with E-state index in [0.717, 1.165) is 37.5 Å². The molecule has 0 aliphatic carbocycles. The van der Waals surface area contributed by atoms with E-state index in [9.17, 15) is 14.9 Å². The van der Waals surface area contributed by atoms with E-state index in [2.05, 4.69) is 10.2 Å². The molecule has 0 radical (unpaired) electrons. The molecule has 3 rings (SSSR count). The van der Waals surface area contributed by atoms with Gasteiger partial charge < -0.3 is 10.2 Å². The SMILES string of the molecule is CSc1ccc([N+](=O)[O-])c(C(=O)N2CCC(N3CCNCC3)C2)c1. The van der Waals surface area contributed by atoms with Crippen LogP contribution in [-0.4, -0.2) is 72.2 Å². The summed E-state index contributed by atoms with van der Waals surface area (Å²) in [6.45, 7) is 5.26. The Morgan fingerprint density at radius 2 is 2.08 bits per heavy atom. The lowest BCUT2D eigenvalue weighted by atomic mass is 10.1. The van der Waals surface area contributed by atoms with Crippen molar-refractivity contribution in [1.82, 2.24) is 15.1 Å². The van der Waals surface area contributed by atoms with Crippen LogP contribution in [0.15, 0.2) is 23.1 Å². The van der Waals surface area contributed by atoms with Crippen LogP contribution in [0.25, 0.3) is 0 Å². The van der Waals surface area contributed by atoms with Crippen molar-refractivity contribution in [3.8, 4) is 0 Å². The fraction of sp³-hybridized carbons (Fsp3) is 0.562. The molecule has 0 saturated carbocycles. The minimum Gasteiger partial charge on any atom is -0.337 e. The standard InChI is InChI=1S/C16H22N4O3S/c1-24-13-2-3-15(20(22)23)14(10-13)16(21)19-7-4-12(11-19)18-8-5-17-6-9-18/h2-3,10,12,17H,4-9,11H2,1H3. The third-order valence-electron chi connectivity index (χ3n) is 4.75. The molecule has 7 nitrogen and oxygen atoms in total. The molecular formula is C16H22N4O3S. The van der Waals surface area contributed by atoms with E-state index >= 15 is 0 Å². The number of nitro benzene ring substituents is 1. The molecule has 1 N–H and O–H groups in total. The Hall–Kier alpha value is -1.64. The molecule has 8 heteroatoms. The van der Waals surface area contributed by atoms with Crippen LogP contribution in [-0.2, 0) is 0 Å². The molecule has 130 valence electrons. The molecule has 2 aliphatic heterocycles. The van der Waals surface area contributed by atoms with Crippen LogP contribution >= 0.6 is 11.8 Å². The molecule has 1 aromatic carbocycles. The minimum absolute atomic E-state index is 0.108. The van der Waals surface area contributed by atoms with Crippen molar-refractivity contribution in [2.45, 2.75) is 17.4 Å². The summed E-state index contributed by atoms with van der Waals surface area (Å²) in [7, 11) is 0. The van der Waals surface area contributed by atoms with Gasteiger partial charge in [0.2, 0.25) is 0 Å². The number of benzene rings is 1. The summed E-state index contributed by atoms with van der Waals surface area (Å²) in [5.41, 5.74) is 0.0937. The van der Waals surface area contributed by atoms with E-state index in [1.54, 1.807) is 17.0 Å². The van der Waals surface area contributed by atoms with Crippen LogP contribution in [0.5, 0.6) is 0 Å². The van der Waals surface area contributed by atoms with E-state index in [0.29, 0.717) is 19.1 Å². The van der Waals surface area contributed by atoms with E-state index in [1.807, 2.05) is 6.26 Å². The lowest BCUT2D eigenvalue weighted by Gasteiger charge is -2.32. The van der Waals surface area contributed by atoms with Gasteiger partial charge >= 0.3 is 0 Å². The number of piperazine rings is 1. The highest BCUT2D eigenvalue weighted by atomic mass is 32.2. The number of hydrogen-bond donors (Lipinski definition) is 1. The molecule has 1 unspecified atom stereocenters. The molecule has 24 heavy (non-hydrogen) atoms. The van der Waals surface area contributed by atoms with Crippen molar-refractivity contribution in [1.29, 1.82) is 0 Å². The number of nitro groups is 1. The van der Waals surface area contributed by atoms with Crippen molar-refractivity contribution in [2.75, 3.05) is 45.5 Å². The molecule has 0 spiro atoms. The van der Waals surface area contributed by atoms with Gasteiger partial charge in [0.25, 0.3) is 11.6 Å². The number of nitrogens with one attached hydrogen (secondary N) is 1. The first-order valence-corrected chi connectivity index (χ1v) is 9.39. The normalized spacial score (nSPS) is 21.9. The van der Waals surface area contributed by atoms with Crippen LogP contribution in [0.4, 0.5) is 5.69 Å². The first-order chi connectivity index (χ1) is 11.6. The van der Waals surface area contributed by atoms with Crippen LogP contribution < -0.4 is 5.32 Å². The van der Waals surface area contributed by atoms with Gasteiger partial charge in [-0.2, -0.15) is 0 Å². The van der Waals surface area contributed by atoms with E-state index in [1.165, 1.54) is 17.8 Å². The van der Waals surface area contributed by atoms with Crippen LogP contribution in [0, 0.1) is 10.1 Å². The highest BCUT2D eigenvalue weighted by Gasteiger charge is 2.33. The van der Waals surface area contributed by atoms with Gasteiger partial charge in [0.05, 0.1) is 4.92 Å². The lowest BCUT2D eigenvalue weighted by molar-refractivity contribution is -0.385. The van der Waals surface area contributed by atoms with Gasteiger partial charge in [-0.3, -0.25) is 19.8 Å². The first kappa shape index (κ1) is 17.2. The highest BCUT2D eigenvalue weighted by Crippen LogP contribution is 2.27. The number of hydrogen-bond acceptors (Lipinski definition) is 6. The van der Waals surface area contributed by atoms with Gasteiger partial charge in [-0.05, 0) is 24.8 Å². The molecule has 1 atom stereocenters. The molecule has 2 aliphatic rings. The van der Waals surface area contributed by atoms with Gasteiger partial charge in [0.1, 0.15) is 5.56 Å². The van der Waals surface area contributed by atoms with Crippen molar-refractivity contribution in [3.63, 3.8) is 0 Å². The molecule has 0 bridgehead atoms. The summed E-state index contributed by atoms with van der Waals surface area (Å²) in [4.78, 5) is 28.7. The smallest absolute Gasteiger partial charge is 0.282 e. The maximum absolute atomic E-state index is 12.9. The quantitative estimate of drug-likeness (QED) is 0.503. The fourth-order valence-electron chi connectivity index (χ4n) is 3.41. The Labute approximate surface area is 145 Å². The number of nitrogens with zero attached hydrogens (tertiary/aromatic N) is 3. The highest BCUT2D eigenvalue weighted by molar-refractivity contribution is 7.98. The second-order valence-electron chi connectivity index (χ2n) is 6.12. The van der Waals surface area contributed by atoms with Crippen molar-refractivity contribution < 1.29 is 9.72 Å². The van der Waals surface area contributed by atoms with E-state index in [4.69, 9.17) is 0 Å². The lowest BCUT2D eigenvalue weighted by Crippen LogP contribution is -2.49. The van der Waals surface area contributed by atoms with Crippen LogP contribution in [0.2, 0.25) is 0 Å². The Bertz CT molecular complexity index is 634. The number of rotatable bonds is 4. The Kier molecular flexibility index (Phi) is 5.37. The average molecular weight is 350 g/mol. The van der Waals surface area contributed by atoms with Crippen molar-refractivity contribution >= 4 is 23.4 Å². The predicted molar refractivity (Wildman–Crippen MR) is 93.6 cm³/mol. The number of likely N-dealkylation sites (tertiary alicyclic amines) is 1. The van der Waals surface area contributed by atoms with Crippen molar-refractivity contribution in [3.05, 3.63) is 33.9 Å². The molecule has 0 aromatic heterocycles. The van der Waals surface area contributed by atoms with Crippen LogP contribution in [0.3, 0.4) is 0 Å². The monoisotopic (exact) mass is 350 g/mol. The second-order valence-corrected chi connectivity index (χ2v) is 7.00. The summed E-state index contributed by atoms with van der Waals surface area (Å²) < 4.78 is 0. The minimum atomic E-state index is -0.471. The predicted octanol–water partition coefficient (Wildman–Crippen LogP) is 1.44. The summed E-state index contributed by atoms with van der Waals surface area (Å²) in [5, 5.41) is 14.6. The third kappa shape index (κ3) is 3.55. The summed E-state index contributed by atoms with van der Waals surface area (Å²) in [5.74, 6) is -0.227. The zero-order chi connectivity index (χ0) is 17.1.